The molecule has 112 valence electrons. The van der Waals surface area contributed by atoms with Gasteiger partial charge in [0.1, 0.15) is 0 Å². The lowest BCUT2D eigenvalue weighted by Crippen LogP contribution is -2.40. The highest BCUT2D eigenvalue weighted by atomic mass is 79.9. The van der Waals surface area contributed by atoms with Gasteiger partial charge in [-0.25, -0.2) is 0 Å². The SMILES string of the molecule is Cc1nnc(C(C)N2CCOC(c3ccc(Br)cc3)C2)o1. The topological polar surface area (TPSA) is 51.4 Å². The fraction of sp³-hybridized carbons (Fsp3) is 0.467. The molecular formula is C15H18BrN3O2. The molecule has 0 N–H and O–H groups in total. The van der Waals surface area contributed by atoms with Gasteiger partial charge in [0.05, 0.1) is 18.8 Å². The van der Waals surface area contributed by atoms with E-state index in [1.54, 1.807) is 0 Å². The summed E-state index contributed by atoms with van der Waals surface area (Å²) in [6.07, 6.45) is 0.0818. The largest absolute Gasteiger partial charge is 0.424 e. The van der Waals surface area contributed by atoms with E-state index in [0.29, 0.717) is 18.4 Å². The van der Waals surface area contributed by atoms with Crippen molar-refractivity contribution in [1.29, 1.82) is 0 Å². The summed E-state index contributed by atoms with van der Waals surface area (Å²) in [6.45, 7) is 6.31. The van der Waals surface area contributed by atoms with Crippen molar-refractivity contribution >= 4 is 15.9 Å². The number of benzene rings is 1. The molecule has 1 aliphatic rings. The van der Waals surface area contributed by atoms with Crippen molar-refractivity contribution in [3.63, 3.8) is 0 Å². The molecule has 0 radical (unpaired) electrons. The Kier molecular flexibility index (Phi) is 4.37. The van der Waals surface area contributed by atoms with E-state index >= 15 is 0 Å². The maximum atomic E-state index is 5.90. The van der Waals surface area contributed by atoms with Gasteiger partial charge in [0.25, 0.3) is 0 Å². The fourth-order valence-electron chi connectivity index (χ4n) is 2.54. The summed E-state index contributed by atoms with van der Waals surface area (Å²) in [5.41, 5.74) is 1.19. The van der Waals surface area contributed by atoms with E-state index in [0.717, 1.165) is 17.6 Å². The molecule has 1 aliphatic heterocycles. The number of rotatable bonds is 3. The lowest BCUT2D eigenvalue weighted by Gasteiger charge is -2.35. The van der Waals surface area contributed by atoms with E-state index in [2.05, 4.69) is 50.1 Å². The Morgan fingerprint density at radius 2 is 2.05 bits per heavy atom. The number of hydrogen-bond donors (Lipinski definition) is 0. The van der Waals surface area contributed by atoms with E-state index < -0.39 is 0 Å². The lowest BCUT2D eigenvalue weighted by molar-refractivity contribution is -0.0464. The zero-order chi connectivity index (χ0) is 14.8. The molecular weight excluding hydrogens is 334 g/mol. The number of nitrogens with zero attached hydrogens (tertiary/aromatic N) is 3. The van der Waals surface area contributed by atoms with Crippen molar-refractivity contribution < 1.29 is 9.15 Å². The van der Waals surface area contributed by atoms with Crippen LogP contribution in [-0.2, 0) is 4.74 Å². The van der Waals surface area contributed by atoms with Gasteiger partial charge < -0.3 is 9.15 Å². The number of morpholine rings is 1. The zero-order valence-electron chi connectivity index (χ0n) is 12.1. The third kappa shape index (κ3) is 3.33. The van der Waals surface area contributed by atoms with Crippen LogP contribution in [0.1, 0.15) is 36.4 Å². The van der Waals surface area contributed by atoms with Crippen molar-refractivity contribution in [2.24, 2.45) is 0 Å². The van der Waals surface area contributed by atoms with Crippen LogP contribution in [0.5, 0.6) is 0 Å². The summed E-state index contributed by atoms with van der Waals surface area (Å²) in [5.74, 6) is 1.28. The molecule has 3 rings (SSSR count). The first-order valence-corrected chi connectivity index (χ1v) is 7.84. The Morgan fingerprint density at radius 3 is 2.71 bits per heavy atom. The normalized spacial score (nSPS) is 21.4. The first kappa shape index (κ1) is 14.7. The highest BCUT2D eigenvalue weighted by Gasteiger charge is 2.28. The Bertz CT molecular complexity index is 599. The van der Waals surface area contributed by atoms with Crippen LogP contribution in [0, 0.1) is 6.92 Å². The molecule has 1 fully saturated rings. The smallest absolute Gasteiger partial charge is 0.233 e. The molecule has 2 atom stereocenters. The minimum atomic E-state index is 0.0818. The van der Waals surface area contributed by atoms with Gasteiger partial charge in [-0.1, -0.05) is 28.1 Å². The van der Waals surface area contributed by atoms with Gasteiger partial charge in [-0.05, 0) is 24.6 Å². The highest BCUT2D eigenvalue weighted by molar-refractivity contribution is 9.10. The summed E-state index contributed by atoms with van der Waals surface area (Å²) in [5, 5.41) is 8.03. The molecule has 0 saturated carbocycles. The monoisotopic (exact) mass is 351 g/mol. The third-order valence-electron chi connectivity index (χ3n) is 3.79. The van der Waals surface area contributed by atoms with Crippen molar-refractivity contribution in [3.8, 4) is 0 Å². The van der Waals surface area contributed by atoms with E-state index in [9.17, 15) is 0 Å². The number of halogens is 1. The molecule has 2 aromatic rings. The summed E-state index contributed by atoms with van der Waals surface area (Å²) in [6, 6.07) is 8.39. The van der Waals surface area contributed by atoms with Crippen LogP contribution in [0.2, 0.25) is 0 Å². The number of aryl methyl sites for hydroxylation is 1. The number of aromatic nitrogens is 2. The first-order chi connectivity index (χ1) is 10.1. The average molecular weight is 352 g/mol. The molecule has 0 bridgehead atoms. The van der Waals surface area contributed by atoms with Crippen molar-refractivity contribution in [2.75, 3.05) is 19.7 Å². The zero-order valence-corrected chi connectivity index (χ0v) is 13.7. The second-order valence-electron chi connectivity index (χ2n) is 5.24. The molecule has 0 aliphatic carbocycles. The molecule has 21 heavy (non-hydrogen) atoms. The van der Waals surface area contributed by atoms with Crippen LogP contribution >= 0.6 is 15.9 Å². The van der Waals surface area contributed by atoms with Crippen LogP contribution in [-0.4, -0.2) is 34.8 Å². The fourth-order valence-corrected chi connectivity index (χ4v) is 2.80. The van der Waals surface area contributed by atoms with Crippen molar-refractivity contribution in [3.05, 3.63) is 46.1 Å². The molecule has 2 heterocycles. The van der Waals surface area contributed by atoms with Gasteiger partial charge in [-0.2, -0.15) is 0 Å². The van der Waals surface area contributed by atoms with Gasteiger partial charge in [0.15, 0.2) is 0 Å². The average Bonchev–Trinajstić information content (AvgIpc) is 2.94. The third-order valence-corrected chi connectivity index (χ3v) is 4.32. The molecule has 5 nitrogen and oxygen atoms in total. The van der Waals surface area contributed by atoms with Crippen LogP contribution < -0.4 is 0 Å². The van der Waals surface area contributed by atoms with Gasteiger partial charge in [0.2, 0.25) is 11.8 Å². The predicted molar refractivity (Wildman–Crippen MR) is 81.9 cm³/mol. The summed E-state index contributed by atoms with van der Waals surface area (Å²) in [7, 11) is 0. The van der Waals surface area contributed by atoms with Crippen LogP contribution in [0.4, 0.5) is 0 Å². The van der Waals surface area contributed by atoms with E-state index in [4.69, 9.17) is 9.15 Å². The quantitative estimate of drug-likeness (QED) is 0.849. The summed E-state index contributed by atoms with van der Waals surface area (Å²) in [4.78, 5) is 2.32. The molecule has 6 heteroatoms. The molecule has 2 unspecified atom stereocenters. The van der Waals surface area contributed by atoms with E-state index in [-0.39, 0.29) is 12.1 Å². The second kappa shape index (κ2) is 6.25. The van der Waals surface area contributed by atoms with Crippen molar-refractivity contribution in [2.45, 2.75) is 26.0 Å². The van der Waals surface area contributed by atoms with Gasteiger partial charge in [0, 0.05) is 24.5 Å². The van der Waals surface area contributed by atoms with E-state index in [1.807, 2.05) is 19.1 Å². The van der Waals surface area contributed by atoms with Crippen LogP contribution in [0.25, 0.3) is 0 Å². The molecule has 1 saturated heterocycles. The Hall–Kier alpha value is -1.24. The second-order valence-corrected chi connectivity index (χ2v) is 6.16. The van der Waals surface area contributed by atoms with Crippen LogP contribution in [0.15, 0.2) is 33.2 Å². The Morgan fingerprint density at radius 1 is 1.29 bits per heavy atom. The van der Waals surface area contributed by atoms with Gasteiger partial charge >= 0.3 is 0 Å². The summed E-state index contributed by atoms with van der Waals surface area (Å²) < 4.78 is 12.5. The van der Waals surface area contributed by atoms with Gasteiger partial charge in [-0.15, -0.1) is 10.2 Å². The lowest BCUT2D eigenvalue weighted by atomic mass is 10.1. The minimum Gasteiger partial charge on any atom is -0.424 e. The maximum absolute atomic E-state index is 5.90. The summed E-state index contributed by atoms with van der Waals surface area (Å²) >= 11 is 3.46. The Balaban J connectivity index is 1.72. The van der Waals surface area contributed by atoms with E-state index in [1.165, 1.54) is 5.56 Å². The molecule has 0 amide bonds. The standard InChI is InChI=1S/C15H18BrN3O2/c1-10(15-18-17-11(2)21-15)19-7-8-20-14(9-19)12-3-5-13(16)6-4-12/h3-6,10,14H,7-9H2,1-2H3. The molecule has 1 aromatic heterocycles. The maximum Gasteiger partial charge on any atom is 0.233 e. The highest BCUT2D eigenvalue weighted by Crippen LogP contribution is 2.28. The van der Waals surface area contributed by atoms with Crippen LogP contribution in [0.3, 0.4) is 0 Å². The van der Waals surface area contributed by atoms with Gasteiger partial charge in [-0.3, -0.25) is 4.90 Å². The van der Waals surface area contributed by atoms with Crippen molar-refractivity contribution in [1.82, 2.24) is 15.1 Å². The number of ether oxygens (including phenoxy) is 1. The minimum absolute atomic E-state index is 0.0818. The first-order valence-electron chi connectivity index (χ1n) is 7.04. The number of hydrogen-bond acceptors (Lipinski definition) is 5. The Labute approximate surface area is 132 Å². The molecule has 0 spiro atoms. The molecule has 1 aromatic carbocycles. The predicted octanol–water partition coefficient (Wildman–Crippen LogP) is 3.28.